The molecule has 0 aliphatic carbocycles. The Labute approximate surface area is 88.6 Å². The van der Waals surface area contributed by atoms with E-state index in [1.807, 2.05) is 18.5 Å². The molecule has 0 aromatic carbocycles. The molecular weight excluding hydrogens is 192 g/mol. The van der Waals surface area contributed by atoms with Gasteiger partial charge in [0.05, 0.1) is 0 Å². The molecule has 15 heavy (non-hydrogen) atoms. The van der Waals surface area contributed by atoms with Crippen LogP contribution in [0.1, 0.15) is 11.6 Å². The van der Waals surface area contributed by atoms with Crippen LogP contribution in [0, 0.1) is 0 Å². The molecule has 5 nitrogen and oxygen atoms in total. The molecule has 1 atom stereocenters. The lowest BCUT2D eigenvalue weighted by molar-refractivity contribution is -0.123. The van der Waals surface area contributed by atoms with E-state index in [0.29, 0.717) is 0 Å². The third-order valence-corrected chi connectivity index (χ3v) is 2.72. The number of nitrogens with two attached hydrogens (primary N) is 1. The maximum atomic E-state index is 11.4. The lowest BCUT2D eigenvalue weighted by Crippen LogP contribution is -2.48. The van der Waals surface area contributed by atoms with Crippen LogP contribution < -0.4 is 11.1 Å². The fraction of sp³-hybridized carbons (Fsp3) is 0.500. The fourth-order valence-corrected chi connectivity index (χ4v) is 2.00. The van der Waals surface area contributed by atoms with Crippen molar-refractivity contribution in [3.8, 4) is 0 Å². The second-order valence-corrected chi connectivity index (χ2v) is 3.74. The van der Waals surface area contributed by atoms with Crippen molar-refractivity contribution in [2.75, 3.05) is 26.2 Å². The number of hydrogen-bond acceptors (Lipinski definition) is 3. The summed E-state index contributed by atoms with van der Waals surface area (Å²) in [6, 6.07) is 1.61. The van der Waals surface area contributed by atoms with E-state index in [-0.39, 0.29) is 11.9 Å². The largest absolute Gasteiger partial charge is 0.368 e. The van der Waals surface area contributed by atoms with E-state index >= 15 is 0 Å². The second kappa shape index (κ2) is 4.46. The Kier molecular flexibility index (Phi) is 3.03. The third-order valence-electron chi connectivity index (χ3n) is 2.72. The van der Waals surface area contributed by atoms with Gasteiger partial charge in [0.2, 0.25) is 5.91 Å². The molecule has 1 fully saturated rings. The van der Waals surface area contributed by atoms with Gasteiger partial charge in [-0.1, -0.05) is 0 Å². The van der Waals surface area contributed by atoms with Crippen LogP contribution in [0.25, 0.3) is 0 Å². The Morgan fingerprint density at radius 3 is 2.73 bits per heavy atom. The minimum Gasteiger partial charge on any atom is -0.368 e. The van der Waals surface area contributed by atoms with Crippen molar-refractivity contribution in [3.63, 3.8) is 0 Å². The van der Waals surface area contributed by atoms with Gasteiger partial charge in [0.1, 0.15) is 6.04 Å². The van der Waals surface area contributed by atoms with E-state index in [1.54, 1.807) is 0 Å². The average Bonchev–Trinajstić information content (AvgIpc) is 2.72. The number of carbonyl (C=O) groups is 1. The quantitative estimate of drug-likeness (QED) is 0.623. The van der Waals surface area contributed by atoms with Crippen LogP contribution in [-0.2, 0) is 4.79 Å². The lowest BCUT2D eigenvalue weighted by atomic mass is 10.1. The van der Waals surface area contributed by atoms with Crippen molar-refractivity contribution in [2.45, 2.75) is 6.04 Å². The summed E-state index contributed by atoms with van der Waals surface area (Å²) in [4.78, 5) is 16.5. The highest BCUT2D eigenvalue weighted by Crippen LogP contribution is 2.19. The first-order valence-electron chi connectivity index (χ1n) is 5.16. The molecule has 1 aliphatic rings. The van der Waals surface area contributed by atoms with Gasteiger partial charge in [-0.05, 0) is 11.6 Å². The molecule has 1 unspecified atom stereocenters. The highest BCUT2D eigenvalue weighted by molar-refractivity contribution is 5.81. The zero-order chi connectivity index (χ0) is 10.7. The molecule has 0 radical (unpaired) electrons. The smallest absolute Gasteiger partial charge is 0.239 e. The van der Waals surface area contributed by atoms with Crippen LogP contribution in [0.5, 0.6) is 0 Å². The molecule has 0 saturated carbocycles. The van der Waals surface area contributed by atoms with Gasteiger partial charge < -0.3 is 16.0 Å². The fourth-order valence-electron chi connectivity index (χ4n) is 2.00. The summed E-state index contributed by atoms with van der Waals surface area (Å²) in [5.74, 6) is -0.281. The predicted molar refractivity (Wildman–Crippen MR) is 57.2 cm³/mol. The Hall–Kier alpha value is -1.33. The van der Waals surface area contributed by atoms with Gasteiger partial charge in [0.15, 0.2) is 0 Å². The SMILES string of the molecule is NC(=O)C(c1cc[nH]c1)N1CCNCC1. The summed E-state index contributed by atoms with van der Waals surface area (Å²) in [6.07, 6.45) is 3.64. The lowest BCUT2D eigenvalue weighted by Gasteiger charge is -2.32. The first-order chi connectivity index (χ1) is 7.29. The molecule has 2 heterocycles. The minimum atomic E-state index is -0.293. The number of aromatic nitrogens is 1. The van der Waals surface area contributed by atoms with Crippen molar-refractivity contribution in [2.24, 2.45) is 5.73 Å². The van der Waals surface area contributed by atoms with Gasteiger partial charge in [0.25, 0.3) is 0 Å². The van der Waals surface area contributed by atoms with Gasteiger partial charge in [-0.25, -0.2) is 0 Å². The number of aromatic amines is 1. The Balaban J connectivity index is 2.15. The van der Waals surface area contributed by atoms with Crippen LogP contribution >= 0.6 is 0 Å². The minimum absolute atomic E-state index is 0.281. The molecule has 0 bridgehead atoms. The first-order valence-corrected chi connectivity index (χ1v) is 5.16. The van der Waals surface area contributed by atoms with Crippen molar-refractivity contribution in [1.29, 1.82) is 0 Å². The molecule has 1 saturated heterocycles. The predicted octanol–water partition coefficient (Wildman–Crippen LogP) is -0.554. The van der Waals surface area contributed by atoms with Crippen LogP contribution in [0.4, 0.5) is 0 Å². The van der Waals surface area contributed by atoms with Gasteiger partial charge in [-0.2, -0.15) is 0 Å². The van der Waals surface area contributed by atoms with Crippen molar-refractivity contribution in [3.05, 3.63) is 24.0 Å². The summed E-state index contributed by atoms with van der Waals surface area (Å²) in [6.45, 7) is 3.54. The summed E-state index contributed by atoms with van der Waals surface area (Å²) in [5.41, 5.74) is 6.39. The Morgan fingerprint density at radius 2 is 2.20 bits per heavy atom. The van der Waals surface area contributed by atoms with E-state index in [2.05, 4.69) is 15.2 Å². The van der Waals surface area contributed by atoms with Crippen molar-refractivity contribution >= 4 is 5.91 Å². The molecule has 4 N–H and O–H groups in total. The second-order valence-electron chi connectivity index (χ2n) is 3.74. The number of nitrogens with zero attached hydrogens (tertiary/aromatic N) is 1. The van der Waals surface area contributed by atoms with E-state index in [9.17, 15) is 4.79 Å². The first kappa shape index (κ1) is 10.2. The number of carbonyl (C=O) groups excluding carboxylic acids is 1. The third kappa shape index (κ3) is 2.19. The van der Waals surface area contributed by atoms with Crippen molar-refractivity contribution in [1.82, 2.24) is 15.2 Å². The topological polar surface area (TPSA) is 74.2 Å². The van der Waals surface area contributed by atoms with Crippen molar-refractivity contribution < 1.29 is 4.79 Å². The zero-order valence-corrected chi connectivity index (χ0v) is 8.57. The molecular formula is C10H16N4O. The highest BCUT2D eigenvalue weighted by Gasteiger charge is 2.26. The van der Waals surface area contributed by atoms with Gasteiger partial charge >= 0.3 is 0 Å². The van der Waals surface area contributed by atoms with Crippen LogP contribution in [0.15, 0.2) is 18.5 Å². The summed E-state index contributed by atoms with van der Waals surface area (Å²) < 4.78 is 0. The number of amides is 1. The number of piperazine rings is 1. The monoisotopic (exact) mass is 208 g/mol. The van der Waals surface area contributed by atoms with Crippen LogP contribution in [0.2, 0.25) is 0 Å². The maximum Gasteiger partial charge on any atom is 0.239 e. The highest BCUT2D eigenvalue weighted by atomic mass is 16.1. The summed E-state index contributed by atoms with van der Waals surface area (Å²) in [7, 11) is 0. The molecule has 2 rings (SSSR count). The van der Waals surface area contributed by atoms with E-state index in [0.717, 1.165) is 31.7 Å². The van der Waals surface area contributed by atoms with Gasteiger partial charge in [-0.3, -0.25) is 9.69 Å². The molecule has 82 valence electrons. The maximum absolute atomic E-state index is 11.4. The van der Waals surface area contributed by atoms with E-state index in [1.165, 1.54) is 0 Å². The number of rotatable bonds is 3. The Morgan fingerprint density at radius 1 is 1.47 bits per heavy atom. The van der Waals surface area contributed by atoms with Crippen LogP contribution in [0.3, 0.4) is 0 Å². The molecule has 1 aliphatic heterocycles. The zero-order valence-electron chi connectivity index (χ0n) is 8.57. The number of nitrogens with one attached hydrogen (secondary N) is 2. The number of H-pyrrole nitrogens is 1. The molecule has 1 aromatic rings. The number of hydrogen-bond donors (Lipinski definition) is 3. The standard InChI is InChI=1S/C10H16N4O/c11-10(15)9(8-1-2-13-7-8)14-5-3-12-4-6-14/h1-2,7,9,12-13H,3-6H2,(H2,11,15). The number of primary amides is 1. The molecule has 1 aromatic heterocycles. The average molecular weight is 208 g/mol. The summed E-state index contributed by atoms with van der Waals surface area (Å²) >= 11 is 0. The van der Waals surface area contributed by atoms with E-state index in [4.69, 9.17) is 5.73 Å². The Bertz CT molecular complexity index is 316. The van der Waals surface area contributed by atoms with Gasteiger partial charge in [0, 0.05) is 38.6 Å². The van der Waals surface area contributed by atoms with Crippen LogP contribution in [-0.4, -0.2) is 42.0 Å². The normalized spacial score (nSPS) is 20.0. The van der Waals surface area contributed by atoms with E-state index < -0.39 is 0 Å². The molecule has 1 amide bonds. The molecule has 5 heteroatoms. The summed E-state index contributed by atoms with van der Waals surface area (Å²) in [5, 5.41) is 3.25. The van der Waals surface area contributed by atoms with Gasteiger partial charge in [-0.15, -0.1) is 0 Å². The molecule has 0 spiro atoms.